The molecule has 0 fully saturated rings. The minimum atomic E-state index is -0.236. The van der Waals surface area contributed by atoms with Crippen LogP contribution in [-0.4, -0.2) is 12.6 Å². The van der Waals surface area contributed by atoms with E-state index in [1.54, 1.807) is 6.08 Å². The van der Waals surface area contributed by atoms with Gasteiger partial charge in [-0.2, -0.15) is 0 Å². The predicted molar refractivity (Wildman–Crippen MR) is 76.2 cm³/mol. The van der Waals surface area contributed by atoms with E-state index in [2.05, 4.69) is 18.8 Å². The first-order valence-electron chi connectivity index (χ1n) is 7.00. The largest absolute Gasteiger partial charge is 0.463 e. The summed E-state index contributed by atoms with van der Waals surface area (Å²) in [5.74, 6) is 6.14. The van der Waals surface area contributed by atoms with E-state index in [0.29, 0.717) is 6.61 Å². The molecule has 102 valence electrons. The Morgan fingerprint density at radius 2 is 1.78 bits per heavy atom. The highest BCUT2D eigenvalue weighted by molar-refractivity contribution is 5.82. The maximum absolute atomic E-state index is 11.2. The highest BCUT2D eigenvalue weighted by Gasteiger charge is 1.97. The van der Waals surface area contributed by atoms with Crippen molar-refractivity contribution < 1.29 is 9.53 Å². The molecular weight excluding hydrogens is 224 g/mol. The molecule has 0 atom stereocenters. The molecule has 0 aromatic heterocycles. The van der Waals surface area contributed by atoms with Gasteiger partial charge in [0.1, 0.15) is 0 Å². The molecule has 0 bridgehead atoms. The van der Waals surface area contributed by atoms with Gasteiger partial charge in [-0.25, -0.2) is 4.79 Å². The second-order valence-electron chi connectivity index (χ2n) is 4.41. The third-order valence-electron chi connectivity index (χ3n) is 2.55. The van der Waals surface area contributed by atoms with E-state index in [9.17, 15) is 4.79 Å². The first-order valence-corrected chi connectivity index (χ1v) is 7.00. The lowest BCUT2D eigenvalue weighted by Gasteiger charge is -1.99. The summed E-state index contributed by atoms with van der Waals surface area (Å²) < 4.78 is 4.85. The molecule has 0 radical (unpaired) electrons. The molecule has 0 saturated carbocycles. The van der Waals surface area contributed by atoms with Crippen LogP contribution in [0.15, 0.2) is 11.6 Å². The molecule has 0 aromatic rings. The first-order chi connectivity index (χ1) is 8.70. The van der Waals surface area contributed by atoms with E-state index < -0.39 is 0 Å². The Balaban J connectivity index is 3.61. The average molecular weight is 250 g/mol. The number of esters is 1. The first kappa shape index (κ1) is 16.8. The molecule has 18 heavy (non-hydrogen) atoms. The van der Waals surface area contributed by atoms with Gasteiger partial charge in [-0.05, 0) is 33.1 Å². The Morgan fingerprint density at radius 1 is 1.11 bits per heavy atom. The van der Waals surface area contributed by atoms with Crippen LogP contribution in [0.4, 0.5) is 0 Å². The maximum atomic E-state index is 11.2. The standard InChI is InChI=1S/C16H26O2/c1-4-6-7-8-9-10-11-12-13-15(3)14-16(17)18-5-2/h14H,4-8,11-13H2,1-3H3/b15-14+. The summed E-state index contributed by atoms with van der Waals surface area (Å²) in [7, 11) is 0. The van der Waals surface area contributed by atoms with Crippen molar-refractivity contribution in [2.75, 3.05) is 6.61 Å². The summed E-state index contributed by atoms with van der Waals surface area (Å²) >= 11 is 0. The molecule has 0 amide bonds. The van der Waals surface area contributed by atoms with Crippen LogP contribution in [0, 0.1) is 11.8 Å². The summed E-state index contributed by atoms with van der Waals surface area (Å²) in [6.07, 6.45) is 9.19. The zero-order valence-electron chi connectivity index (χ0n) is 12.1. The summed E-state index contributed by atoms with van der Waals surface area (Å²) in [6, 6.07) is 0. The van der Waals surface area contributed by atoms with Crippen LogP contribution < -0.4 is 0 Å². The Bertz CT molecular complexity index is 305. The molecule has 0 aliphatic carbocycles. The van der Waals surface area contributed by atoms with E-state index in [4.69, 9.17) is 4.74 Å². The Labute approximate surface area is 112 Å². The molecule has 0 aliphatic heterocycles. The number of hydrogen-bond acceptors (Lipinski definition) is 2. The number of carbonyl (C=O) groups excluding carboxylic acids is 1. The fraction of sp³-hybridized carbons (Fsp3) is 0.688. The van der Waals surface area contributed by atoms with Gasteiger partial charge >= 0.3 is 5.97 Å². The number of hydrogen-bond donors (Lipinski definition) is 0. The number of rotatable bonds is 8. The minimum absolute atomic E-state index is 0.236. The second kappa shape index (κ2) is 12.2. The van der Waals surface area contributed by atoms with Crippen LogP contribution in [-0.2, 0) is 9.53 Å². The topological polar surface area (TPSA) is 26.3 Å². The third-order valence-corrected chi connectivity index (χ3v) is 2.55. The molecule has 0 unspecified atom stereocenters. The lowest BCUT2D eigenvalue weighted by molar-refractivity contribution is -0.137. The van der Waals surface area contributed by atoms with Gasteiger partial charge in [-0.1, -0.05) is 25.3 Å². The van der Waals surface area contributed by atoms with Crippen molar-refractivity contribution >= 4 is 5.97 Å². The van der Waals surface area contributed by atoms with Crippen LogP contribution in [0.25, 0.3) is 0 Å². The number of carbonyl (C=O) groups is 1. The highest BCUT2D eigenvalue weighted by Crippen LogP contribution is 2.06. The Morgan fingerprint density at radius 3 is 2.39 bits per heavy atom. The Kier molecular flexibility index (Phi) is 11.4. The monoisotopic (exact) mass is 250 g/mol. The average Bonchev–Trinajstić information content (AvgIpc) is 2.32. The van der Waals surface area contributed by atoms with Crippen molar-refractivity contribution in [2.24, 2.45) is 0 Å². The molecule has 0 saturated heterocycles. The van der Waals surface area contributed by atoms with Crippen molar-refractivity contribution in [1.82, 2.24) is 0 Å². The van der Waals surface area contributed by atoms with Gasteiger partial charge < -0.3 is 4.74 Å². The molecule has 0 rings (SSSR count). The molecule has 0 N–H and O–H groups in total. The molecule has 2 heteroatoms. The molecule has 0 aromatic carbocycles. The quantitative estimate of drug-likeness (QED) is 0.278. The maximum Gasteiger partial charge on any atom is 0.330 e. The SMILES string of the molecule is CCCCCC#CCCC/C(C)=C/C(=O)OCC. The van der Waals surface area contributed by atoms with Gasteiger partial charge in [-0.3, -0.25) is 0 Å². The fourth-order valence-electron chi connectivity index (χ4n) is 1.55. The molecule has 0 spiro atoms. The van der Waals surface area contributed by atoms with Crippen LogP contribution >= 0.6 is 0 Å². The third kappa shape index (κ3) is 11.3. The molecule has 0 heterocycles. The molecule has 0 aliphatic rings. The normalized spacial score (nSPS) is 10.7. The van der Waals surface area contributed by atoms with Crippen LogP contribution in [0.2, 0.25) is 0 Å². The summed E-state index contributed by atoms with van der Waals surface area (Å²) in [6.45, 7) is 6.42. The van der Waals surface area contributed by atoms with E-state index in [1.807, 2.05) is 13.8 Å². The lowest BCUT2D eigenvalue weighted by Crippen LogP contribution is -2.00. The summed E-state index contributed by atoms with van der Waals surface area (Å²) in [5, 5.41) is 0. The summed E-state index contributed by atoms with van der Waals surface area (Å²) in [5.41, 5.74) is 1.07. The molecule has 2 nitrogen and oxygen atoms in total. The fourth-order valence-corrected chi connectivity index (χ4v) is 1.55. The number of ether oxygens (including phenoxy) is 1. The molecular formula is C16H26O2. The van der Waals surface area contributed by atoms with Crippen molar-refractivity contribution in [3.63, 3.8) is 0 Å². The van der Waals surface area contributed by atoms with Crippen LogP contribution in [0.5, 0.6) is 0 Å². The van der Waals surface area contributed by atoms with Crippen molar-refractivity contribution in [3.05, 3.63) is 11.6 Å². The highest BCUT2D eigenvalue weighted by atomic mass is 16.5. The predicted octanol–water partition coefficient (Wildman–Crippen LogP) is 4.25. The van der Waals surface area contributed by atoms with Crippen LogP contribution in [0.1, 0.15) is 65.7 Å². The lowest BCUT2D eigenvalue weighted by atomic mass is 10.1. The van der Waals surface area contributed by atoms with Gasteiger partial charge in [0.05, 0.1) is 6.61 Å². The van der Waals surface area contributed by atoms with E-state index in [1.165, 1.54) is 19.3 Å². The van der Waals surface area contributed by atoms with Gasteiger partial charge in [0.2, 0.25) is 0 Å². The van der Waals surface area contributed by atoms with Crippen molar-refractivity contribution in [3.8, 4) is 11.8 Å². The van der Waals surface area contributed by atoms with Gasteiger partial charge in [-0.15, -0.1) is 11.8 Å². The van der Waals surface area contributed by atoms with Crippen molar-refractivity contribution in [1.29, 1.82) is 0 Å². The number of allylic oxidation sites excluding steroid dienone is 1. The van der Waals surface area contributed by atoms with E-state index in [0.717, 1.165) is 31.3 Å². The smallest absolute Gasteiger partial charge is 0.330 e. The zero-order chi connectivity index (χ0) is 13.6. The summed E-state index contributed by atoms with van der Waals surface area (Å²) in [4.78, 5) is 11.2. The van der Waals surface area contributed by atoms with Gasteiger partial charge in [0, 0.05) is 18.9 Å². The second-order valence-corrected chi connectivity index (χ2v) is 4.41. The number of unbranched alkanes of at least 4 members (excludes halogenated alkanes) is 4. The van der Waals surface area contributed by atoms with Gasteiger partial charge in [0.25, 0.3) is 0 Å². The minimum Gasteiger partial charge on any atom is -0.463 e. The van der Waals surface area contributed by atoms with Crippen LogP contribution in [0.3, 0.4) is 0 Å². The zero-order valence-corrected chi connectivity index (χ0v) is 12.1. The Hall–Kier alpha value is -1.23. The van der Waals surface area contributed by atoms with Gasteiger partial charge in [0.15, 0.2) is 0 Å². The van der Waals surface area contributed by atoms with E-state index >= 15 is 0 Å². The van der Waals surface area contributed by atoms with E-state index in [-0.39, 0.29) is 5.97 Å². The van der Waals surface area contributed by atoms with Crippen molar-refractivity contribution in [2.45, 2.75) is 65.7 Å².